The highest BCUT2D eigenvalue weighted by Gasteiger charge is 2.52. The molecular formula is C15H27NO2S2. The van der Waals surface area contributed by atoms with E-state index >= 15 is 0 Å². The van der Waals surface area contributed by atoms with Crippen molar-refractivity contribution in [2.75, 3.05) is 0 Å². The van der Waals surface area contributed by atoms with Gasteiger partial charge in [0.1, 0.15) is 10.5 Å². The van der Waals surface area contributed by atoms with Crippen molar-refractivity contribution >= 4 is 35.3 Å². The van der Waals surface area contributed by atoms with Crippen LogP contribution in [0.2, 0.25) is 0 Å². The number of thioether (sulfide) groups is 2. The summed E-state index contributed by atoms with van der Waals surface area (Å²) in [5, 5.41) is -0.195. The molecule has 2 unspecified atom stereocenters. The summed E-state index contributed by atoms with van der Waals surface area (Å²) in [6, 6.07) is 0. The molecule has 1 heterocycles. The number of likely N-dealkylation sites (tertiary alicyclic amines) is 1. The van der Waals surface area contributed by atoms with Crippen LogP contribution in [0.3, 0.4) is 0 Å². The summed E-state index contributed by atoms with van der Waals surface area (Å²) in [5.41, 5.74) is -0.447. The van der Waals surface area contributed by atoms with E-state index in [2.05, 4.69) is 34.6 Å². The molecule has 20 heavy (non-hydrogen) atoms. The Bertz CT molecular complexity index is 394. The molecule has 1 rings (SSSR count). The summed E-state index contributed by atoms with van der Waals surface area (Å²) >= 11 is 3.22. The molecule has 0 aromatic carbocycles. The van der Waals surface area contributed by atoms with Gasteiger partial charge in [-0.25, -0.2) is 0 Å². The van der Waals surface area contributed by atoms with Crippen LogP contribution in [0.5, 0.6) is 0 Å². The van der Waals surface area contributed by atoms with Gasteiger partial charge in [-0.3, -0.25) is 14.5 Å². The summed E-state index contributed by atoms with van der Waals surface area (Å²) in [6.45, 7) is 16.2. The predicted molar refractivity (Wildman–Crippen MR) is 89.3 cm³/mol. The lowest BCUT2D eigenvalue weighted by atomic mass is 10.1. The van der Waals surface area contributed by atoms with Crippen LogP contribution < -0.4 is 0 Å². The van der Waals surface area contributed by atoms with Gasteiger partial charge < -0.3 is 0 Å². The predicted octanol–water partition coefficient (Wildman–Crippen LogP) is 3.56. The summed E-state index contributed by atoms with van der Waals surface area (Å²) < 4.78 is -0.0374. The number of hydrogen-bond donors (Lipinski definition) is 0. The second-order valence-electron chi connectivity index (χ2n) is 7.44. The molecule has 0 saturated carbocycles. The van der Waals surface area contributed by atoms with E-state index in [4.69, 9.17) is 0 Å². The van der Waals surface area contributed by atoms with E-state index in [9.17, 15) is 9.59 Å². The zero-order valence-electron chi connectivity index (χ0n) is 13.8. The highest BCUT2D eigenvalue weighted by atomic mass is 32.2. The van der Waals surface area contributed by atoms with Crippen molar-refractivity contribution < 1.29 is 9.59 Å². The third-order valence-corrected chi connectivity index (χ3v) is 5.69. The Morgan fingerprint density at radius 3 is 1.75 bits per heavy atom. The molecule has 5 heteroatoms. The van der Waals surface area contributed by atoms with Crippen LogP contribution in [-0.2, 0) is 9.59 Å². The lowest BCUT2D eigenvalue weighted by Crippen LogP contribution is -2.46. The molecule has 1 fully saturated rings. The number of carbonyl (C=O) groups is 2. The van der Waals surface area contributed by atoms with Crippen LogP contribution in [0.25, 0.3) is 0 Å². The third kappa shape index (κ3) is 4.17. The van der Waals surface area contributed by atoms with Gasteiger partial charge in [0.15, 0.2) is 0 Å². The van der Waals surface area contributed by atoms with Gasteiger partial charge in [-0.1, -0.05) is 34.6 Å². The SMILES string of the molecule is CC(C)SC1C(=O)N(C(C)(C)C)C(=O)C1SC(C)(C)C. The van der Waals surface area contributed by atoms with E-state index in [1.807, 2.05) is 20.8 Å². The topological polar surface area (TPSA) is 37.4 Å². The number of nitrogens with zero attached hydrogens (tertiary/aromatic N) is 1. The van der Waals surface area contributed by atoms with E-state index in [1.165, 1.54) is 4.90 Å². The zero-order chi connectivity index (χ0) is 15.9. The highest BCUT2D eigenvalue weighted by molar-refractivity contribution is 8.05. The number of imide groups is 1. The van der Waals surface area contributed by atoms with Crippen LogP contribution in [0.1, 0.15) is 55.4 Å². The molecule has 116 valence electrons. The van der Waals surface area contributed by atoms with Gasteiger partial charge in [-0.05, 0) is 26.0 Å². The first-order chi connectivity index (χ1) is 8.84. The van der Waals surface area contributed by atoms with E-state index in [1.54, 1.807) is 23.5 Å². The van der Waals surface area contributed by atoms with Crippen LogP contribution in [0, 0.1) is 0 Å². The van der Waals surface area contributed by atoms with Gasteiger partial charge >= 0.3 is 0 Å². The minimum absolute atomic E-state index is 0.0250. The summed E-state index contributed by atoms with van der Waals surface area (Å²) in [7, 11) is 0. The zero-order valence-corrected chi connectivity index (χ0v) is 15.4. The Morgan fingerprint density at radius 2 is 1.40 bits per heavy atom. The molecule has 2 atom stereocenters. The second-order valence-corrected chi connectivity index (χ2v) is 11.1. The molecule has 0 aromatic rings. The monoisotopic (exact) mass is 317 g/mol. The molecular weight excluding hydrogens is 290 g/mol. The van der Waals surface area contributed by atoms with Crippen molar-refractivity contribution in [2.24, 2.45) is 0 Å². The Labute approximate surface area is 131 Å². The number of rotatable bonds is 3. The molecule has 0 bridgehead atoms. The van der Waals surface area contributed by atoms with Crippen LogP contribution in [0.4, 0.5) is 0 Å². The minimum Gasteiger partial charge on any atom is -0.275 e. The second kappa shape index (κ2) is 5.91. The summed E-state index contributed by atoms with van der Waals surface area (Å²) in [4.78, 5) is 26.8. The van der Waals surface area contributed by atoms with Crippen molar-refractivity contribution in [3.63, 3.8) is 0 Å². The van der Waals surface area contributed by atoms with Gasteiger partial charge in [0.2, 0.25) is 11.8 Å². The standard InChI is InChI=1S/C15H27NO2S2/c1-9(2)19-10-11(20-15(6,7)8)13(18)16(12(10)17)14(3,4)5/h9-11H,1-8H3. The third-order valence-electron chi connectivity index (χ3n) is 2.77. The molecule has 1 aliphatic heterocycles. The van der Waals surface area contributed by atoms with Crippen molar-refractivity contribution in [1.82, 2.24) is 4.90 Å². The molecule has 0 N–H and O–H groups in total. The highest BCUT2D eigenvalue weighted by Crippen LogP contribution is 2.42. The smallest absolute Gasteiger partial charge is 0.244 e. The molecule has 0 aromatic heterocycles. The van der Waals surface area contributed by atoms with Crippen molar-refractivity contribution in [1.29, 1.82) is 0 Å². The lowest BCUT2D eigenvalue weighted by molar-refractivity contribution is -0.143. The number of hydrogen-bond acceptors (Lipinski definition) is 4. The maximum atomic E-state index is 12.7. The number of carbonyl (C=O) groups excluding carboxylic acids is 2. The Morgan fingerprint density at radius 1 is 0.950 bits per heavy atom. The quantitative estimate of drug-likeness (QED) is 0.746. The Kier molecular flexibility index (Phi) is 5.29. The van der Waals surface area contributed by atoms with Gasteiger partial charge in [0.05, 0.1) is 0 Å². The molecule has 0 aliphatic carbocycles. The van der Waals surface area contributed by atoms with Gasteiger partial charge in [0.25, 0.3) is 0 Å². The average Bonchev–Trinajstić information content (AvgIpc) is 2.38. The van der Waals surface area contributed by atoms with Crippen LogP contribution in [0.15, 0.2) is 0 Å². The van der Waals surface area contributed by atoms with E-state index in [0.717, 1.165) is 0 Å². The van der Waals surface area contributed by atoms with Crippen LogP contribution in [-0.4, -0.2) is 42.8 Å². The maximum Gasteiger partial charge on any atom is 0.244 e. The summed E-state index contributed by atoms with van der Waals surface area (Å²) in [5.74, 6) is -0.0523. The fourth-order valence-corrected chi connectivity index (χ4v) is 4.83. The van der Waals surface area contributed by atoms with E-state index in [-0.39, 0.29) is 27.1 Å². The van der Waals surface area contributed by atoms with Gasteiger partial charge in [0, 0.05) is 10.3 Å². The maximum absolute atomic E-state index is 12.7. The van der Waals surface area contributed by atoms with Crippen molar-refractivity contribution in [3.8, 4) is 0 Å². The molecule has 3 nitrogen and oxygen atoms in total. The largest absolute Gasteiger partial charge is 0.275 e. The van der Waals surface area contributed by atoms with E-state index in [0.29, 0.717) is 5.25 Å². The van der Waals surface area contributed by atoms with Crippen molar-refractivity contribution in [3.05, 3.63) is 0 Å². The Balaban J connectivity index is 3.11. The van der Waals surface area contributed by atoms with E-state index < -0.39 is 5.54 Å². The van der Waals surface area contributed by atoms with Gasteiger partial charge in [-0.2, -0.15) is 0 Å². The molecule has 0 radical (unpaired) electrons. The van der Waals surface area contributed by atoms with Gasteiger partial charge in [-0.15, -0.1) is 23.5 Å². The molecule has 1 aliphatic rings. The Hall–Kier alpha value is -0.160. The molecule has 1 saturated heterocycles. The fraction of sp³-hybridized carbons (Fsp3) is 0.867. The van der Waals surface area contributed by atoms with Crippen molar-refractivity contribution in [2.45, 2.75) is 81.4 Å². The average molecular weight is 318 g/mol. The number of amides is 2. The molecule has 2 amide bonds. The molecule has 0 spiro atoms. The normalized spacial score (nSPS) is 24.9. The van der Waals surface area contributed by atoms with Crippen LogP contribution >= 0.6 is 23.5 Å². The first-order valence-electron chi connectivity index (χ1n) is 7.06. The lowest BCUT2D eigenvalue weighted by Gasteiger charge is -2.30. The summed E-state index contributed by atoms with van der Waals surface area (Å²) in [6.07, 6.45) is 0. The fourth-order valence-electron chi connectivity index (χ4n) is 2.20. The minimum atomic E-state index is -0.447. The first kappa shape index (κ1) is 17.9. The first-order valence-corrected chi connectivity index (χ1v) is 8.88.